The van der Waals surface area contributed by atoms with E-state index < -0.39 is 24.1 Å². The second-order valence-corrected chi connectivity index (χ2v) is 5.45. The molecular formula is C20H32N2O8. The van der Waals surface area contributed by atoms with Crippen molar-refractivity contribution in [1.29, 1.82) is 0 Å². The average Bonchev–Trinajstić information content (AvgIpc) is 2.64. The maximum atomic E-state index is 10.3. The summed E-state index contributed by atoms with van der Waals surface area (Å²) in [6, 6.07) is 0. The minimum absolute atomic E-state index is 0.339. The van der Waals surface area contributed by atoms with Gasteiger partial charge in [0, 0.05) is 11.1 Å². The van der Waals surface area contributed by atoms with Gasteiger partial charge in [-0.05, 0) is 39.5 Å². The molecule has 0 aliphatic heterocycles. The normalized spacial score (nSPS) is 8.47. The predicted octanol–water partition coefficient (Wildman–Crippen LogP) is 3.24. The van der Waals surface area contributed by atoms with Gasteiger partial charge >= 0.3 is 24.1 Å². The zero-order valence-corrected chi connectivity index (χ0v) is 17.6. The molecule has 0 radical (unpaired) electrons. The molecule has 0 aliphatic carbocycles. The lowest BCUT2D eigenvalue weighted by molar-refractivity contribution is -0.134. The van der Waals surface area contributed by atoms with E-state index >= 15 is 0 Å². The lowest BCUT2D eigenvalue weighted by Gasteiger charge is -2.02. The molecule has 0 saturated carbocycles. The number of rotatable bonds is 11. The van der Waals surface area contributed by atoms with Gasteiger partial charge in [0.2, 0.25) is 0 Å². The average molecular weight is 428 g/mol. The Hall–Kier alpha value is -3.56. The minimum Gasteiger partial charge on any atom is -0.450 e. The van der Waals surface area contributed by atoms with Crippen molar-refractivity contribution in [2.45, 2.75) is 39.5 Å². The van der Waals surface area contributed by atoms with E-state index in [0.29, 0.717) is 24.4 Å². The predicted molar refractivity (Wildman–Crippen MR) is 112 cm³/mol. The van der Waals surface area contributed by atoms with Gasteiger partial charge < -0.3 is 30.4 Å². The van der Waals surface area contributed by atoms with Crippen molar-refractivity contribution < 1.29 is 38.1 Å². The van der Waals surface area contributed by atoms with Crippen LogP contribution in [0.15, 0.2) is 50.0 Å². The van der Waals surface area contributed by atoms with E-state index in [1.165, 1.54) is 0 Å². The number of primary amides is 2. The van der Waals surface area contributed by atoms with Crippen LogP contribution >= 0.6 is 0 Å². The van der Waals surface area contributed by atoms with Crippen LogP contribution in [0.25, 0.3) is 0 Å². The maximum Gasteiger partial charge on any atom is 0.404 e. The van der Waals surface area contributed by atoms with E-state index in [1.807, 2.05) is 0 Å². The van der Waals surface area contributed by atoms with Crippen LogP contribution in [0.3, 0.4) is 0 Å². The number of ether oxygens (including phenoxy) is 4. The highest BCUT2D eigenvalue weighted by molar-refractivity contribution is 5.87. The van der Waals surface area contributed by atoms with Gasteiger partial charge in [-0.15, -0.1) is 0 Å². The van der Waals surface area contributed by atoms with Crippen molar-refractivity contribution in [2.75, 3.05) is 13.2 Å². The van der Waals surface area contributed by atoms with Crippen LogP contribution in [-0.2, 0) is 28.5 Å². The number of hydrogen-bond acceptors (Lipinski definition) is 8. The smallest absolute Gasteiger partial charge is 0.404 e. The van der Waals surface area contributed by atoms with Crippen LogP contribution in [0.5, 0.6) is 0 Å². The zero-order valence-electron chi connectivity index (χ0n) is 17.6. The van der Waals surface area contributed by atoms with E-state index in [-0.39, 0.29) is 0 Å². The molecular weight excluding hydrogens is 396 g/mol. The summed E-state index contributed by atoms with van der Waals surface area (Å²) in [6.07, 6.45) is 3.99. The first-order chi connectivity index (χ1) is 14.0. The first-order valence-corrected chi connectivity index (χ1v) is 8.78. The van der Waals surface area contributed by atoms with Crippen LogP contribution in [0.1, 0.15) is 39.5 Å². The van der Waals surface area contributed by atoms with Gasteiger partial charge in [0.25, 0.3) is 0 Å². The van der Waals surface area contributed by atoms with E-state index in [4.69, 9.17) is 11.5 Å². The molecule has 170 valence electrons. The number of hydrogen-bond donors (Lipinski definition) is 2. The molecule has 0 aromatic rings. The van der Waals surface area contributed by atoms with E-state index in [9.17, 15) is 19.2 Å². The number of nitrogens with two attached hydrogens (primary N) is 2. The second kappa shape index (κ2) is 21.7. The summed E-state index contributed by atoms with van der Waals surface area (Å²) in [5.74, 6) is -0.861. The third-order valence-corrected chi connectivity index (χ3v) is 2.60. The summed E-state index contributed by atoms with van der Waals surface area (Å²) < 4.78 is 17.7. The fourth-order valence-electron chi connectivity index (χ4n) is 1.26. The van der Waals surface area contributed by atoms with E-state index in [0.717, 1.165) is 38.2 Å². The number of unbranched alkanes of at least 4 members (excludes halogenated alkanes) is 3. The summed E-state index contributed by atoms with van der Waals surface area (Å²) in [6.45, 7) is 16.9. The molecule has 30 heavy (non-hydrogen) atoms. The quantitative estimate of drug-likeness (QED) is 0.167. The molecule has 0 aliphatic rings. The number of amides is 2. The standard InChI is InChI=1S/C8H16N2O4.2C6H8O2/c9-7(11)13-5-3-1-2-4-6-14-8(10)12;2*1-4-8-6(7)5(2)3/h1-6H2,(H2,9,11)(H2,10,12);2*4H,1-2H2,3H3. The molecule has 0 atom stereocenters. The fourth-order valence-corrected chi connectivity index (χ4v) is 1.26. The van der Waals surface area contributed by atoms with Gasteiger partial charge in [-0.1, -0.05) is 26.3 Å². The Morgan fingerprint density at radius 3 is 1.17 bits per heavy atom. The van der Waals surface area contributed by atoms with E-state index in [2.05, 4.69) is 45.3 Å². The van der Waals surface area contributed by atoms with Crippen LogP contribution < -0.4 is 11.5 Å². The zero-order chi connectivity index (χ0) is 23.9. The number of carbonyl (C=O) groups excluding carboxylic acids is 4. The van der Waals surface area contributed by atoms with Crippen LogP contribution in [0.2, 0.25) is 0 Å². The Morgan fingerprint density at radius 2 is 1.00 bits per heavy atom. The summed E-state index contributed by atoms with van der Waals surface area (Å²) >= 11 is 0. The molecule has 10 nitrogen and oxygen atoms in total. The highest BCUT2D eigenvalue weighted by atomic mass is 16.5. The Morgan fingerprint density at radius 1 is 0.700 bits per heavy atom. The Bertz CT molecular complexity index is 548. The van der Waals surface area contributed by atoms with Crippen molar-refractivity contribution in [3.8, 4) is 0 Å². The molecule has 4 N–H and O–H groups in total. The molecule has 0 saturated heterocycles. The van der Waals surface area contributed by atoms with Gasteiger partial charge in [-0.2, -0.15) is 0 Å². The van der Waals surface area contributed by atoms with Crippen molar-refractivity contribution in [1.82, 2.24) is 0 Å². The third kappa shape index (κ3) is 29.2. The minimum atomic E-state index is -0.748. The molecule has 10 heteroatoms. The van der Waals surface area contributed by atoms with Crippen LogP contribution in [-0.4, -0.2) is 37.3 Å². The first kappa shape index (κ1) is 31.1. The Balaban J connectivity index is -0.000000391. The Kier molecular flexibility index (Phi) is 22.6. The van der Waals surface area contributed by atoms with Gasteiger partial charge in [-0.3, -0.25) is 0 Å². The van der Waals surface area contributed by atoms with Gasteiger partial charge in [0.15, 0.2) is 0 Å². The number of esters is 2. The lowest BCUT2D eigenvalue weighted by atomic mass is 10.2. The molecule has 0 aromatic heterocycles. The van der Waals surface area contributed by atoms with Crippen molar-refractivity contribution in [3.05, 3.63) is 50.0 Å². The van der Waals surface area contributed by atoms with Crippen molar-refractivity contribution >= 4 is 24.1 Å². The number of carbonyl (C=O) groups is 4. The third-order valence-electron chi connectivity index (χ3n) is 2.60. The summed E-state index contributed by atoms with van der Waals surface area (Å²) in [5.41, 5.74) is 10.3. The Labute approximate surface area is 177 Å². The highest BCUT2D eigenvalue weighted by Crippen LogP contribution is 2.00. The SMILES string of the molecule is C=COC(=O)C(=C)C.C=COC(=O)C(=C)C.NC(=O)OCCCCCCOC(N)=O. The molecule has 2 amide bonds. The molecule has 0 rings (SSSR count). The van der Waals surface area contributed by atoms with Crippen molar-refractivity contribution in [3.63, 3.8) is 0 Å². The van der Waals surface area contributed by atoms with Gasteiger partial charge in [0.1, 0.15) is 0 Å². The molecule has 0 bridgehead atoms. The molecule has 0 unspecified atom stereocenters. The monoisotopic (exact) mass is 428 g/mol. The maximum absolute atomic E-state index is 10.3. The van der Waals surface area contributed by atoms with E-state index in [1.54, 1.807) is 13.8 Å². The second-order valence-electron chi connectivity index (χ2n) is 5.45. The summed E-state index contributed by atoms with van der Waals surface area (Å²) in [5, 5.41) is 0. The van der Waals surface area contributed by atoms with Gasteiger partial charge in [-0.25, -0.2) is 19.2 Å². The van der Waals surface area contributed by atoms with Gasteiger partial charge in [0.05, 0.1) is 25.7 Å². The first-order valence-electron chi connectivity index (χ1n) is 8.78. The van der Waals surface area contributed by atoms with Crippen LogP contribution in [0, 0.1) is 0 Å². The largest absolute Gasteiger partial charge is 0.450 e. The summed E-state index contributed by atoms with van der Waals surface area (Å²) in [4.78, 5) is 41.0. The molecule has 0 spiro atoms. The lowest BCUT2D eigenvalue weighted by Crippen LogP contribution is -2.14. The fraction of sp³-hybridized carbons (Fsp3) is 0.400. The van der Waals surface area contributed by atoms with Crippen molar-refractivity contribution in [2.24, 2.45) is 11.5 Å². The highest BCUT2D eigenvalue weighted by Gasteiger charge is 1.98. The summed E-state index contributed by atoms with van der Waals surface area (Å²) in [7, 11) is 0. The van der Waals surface area contributed by atoms with Crippen LogP contribution in [0.4, 0.5) is 9.59 Å². The molecule has 0 aromatic carbocycles. The molecule has 0 heterocycles. The topological polar surface area (TPSA) is 157 Å². The molecule has 0 fully saturated rings.